The van der Waals surface area contributed by atoms with Gasteiger partial charge in [0, 0.05) is 19.1 Å². The Hall–Kier alpha value is -2.10. The number of imide groups is 1. The Morgan fingerprint density at radius 3 is 2.67 bits per heavy atom. The van der Waals surface area contributed by atoms with Crippen LogP contribution in [0, 0.1) is 17.2 Å². The van der Waals surface area contributed by atoms with E-state index in [1.807, 2.05) is 6.92 Å². The Labute approximate surface area is 124 Å². The number of hydrogen-bond donors (Lipinski definition) is 0. The van der Waals surface area contributed by atoms with E-state index in [1.165, 1.54) is 4.90 Å². The van der Waals surface area contributed by atoms with Gasteiger partial charge in [0.1, 0.15) is 13.1 Å². The van der Waals surface area contributed by atoms with Crippen LogP contribution in [0.3, 0.4) is 0 Å². The van der Waals surface area contributed by atoms with Crippen LogP contribution in [0.4, 0.5) is 4.79 Å². The summed E-state index contributed by atoms with van der Waals surface area (Å²) in [5.74, 6) is -0.884. The average Bonchev–Trinajstić information content (AvgIpc) is 3.26. The molecule has 0 aromatic rings. The number of carbonyl (C=O) groups excluding carboxylic acids is 3. The molecule has 1 saturated heterocycles. The molecule has 0 radical (unpaired) electrons. The number of likely N-dealkylation sites (N-methyl/N-ethyl adjacent to an activating group) is 1. The van der Waals surface area contributed by atoms with E-state index in [0.717, 1.165) is 17.7 Å². The summed E-state index contributed by atoms with van der Waals surface area (Å²) in [6.45, 7) is 4.16. The number of carbonyl (C=O) groups is 3. The van der Waals surface area contributed by atoms with Gasteiger partial charge in [-0.05, 0) is 26.7 Å². The molecule has 1 unspecified atom stereocenters. The number of hydrogen-bond acceptors (Lipinski definition) is 4. The van der Waals surface area contributed by atoms with Crippen molar-refractivity contribution in [3.63, 3.8) is 0 Å². The lowest BCUT2D eigenvalue weighted by atomic mass is 10.2. The smallest absolute Gasteiger partial charge is 0.327 e. The third kappa shape index (κ3) is 3.32. The third-order valence-electron chi connectivity index (χ3n) is 3.81. The third-order valence-corrected chi connectivity index (χ3v) is 3.81. The van der Waals surface area contributed by atoms with Crippen molar-refractivity contribution in [2.24, 2.45) is 5.92 Å². The molecule has 2 fully saturated rings. The highest BCUT2D eigenvalue weighted by Gasteiger charge is 2.44. The minimum absolute atomic E-state index is 0.0809. The predicted molar refractivity (Wildman–Crippen MR) is 73.9 cm³/mol. The van der Waals surface area contributed by atoms with Crippen molar-refractivity contribution in [1.29, 1.82) is 5.26 Å². The Morgan fingerprint density at radius 1 is 1.48 bits per heavy atom. The van der Waals surface area contributed by atoms with Gasteiger partial charge in [-0.1, -0.05) is 0 Å². The van der Waals surface area contributed by atoms with Gasteiger partial charge in [-0.25, -0.2) is 4.79 Å². The normalized spacial score (nSPS) is 19.7. The van der Waals surface area contributed by atoms with Crippen molar-refractivity contribution in [2.45, 2.75) is 32.7 Å². The molecule has 0 N–H and O–H groups in total. The summed E-state index contributed by atoms with van der Waals surface area (Å²) >= 11 is 0. The first-order valence-corrected chi connectivity index (χ1v) is 7.26. The molecule has 0 aromatic carbocycles. The van der Waals surface area contributed by atoms with Crippen molar-refractivity contribution in [3.05, 3.63) is 0 Å². The maximum atomic E-state index is 12.2. The Balaban J connectivity index is 1.96. The van der Waals surface area contributed by atoms with Crippen LogP contribution in [0.5, 0.6) is 0 Å². The summed E-state index contributed by atoms with van der Waals surface area (Å²) in [4.78, 5) is 40.3. The van der Waals surface area contributed by atoms with Gasteiger partial charge in [-0.3, -0.25) is 14.5 Å². The van der Waals surface area contributed by atoms with Crippen molar-refractivity contribution in [2.75, 3.05) is 26.2 Å². The van der Waals surface area contributed by atoms with E-state index < -0.39 is 0 Å². The number of rotatable bonds is 6. The van der Waals surface area contributed by atoms with Crippen LogP contribution in [-0.4, -0.2) is 64.8 Å². The fraction of sp³-hybridized carbons (Fsp3) is 0.714. The van der Waals surface area contributed by atoms with Gasteiger partial charge in [0.15, 0.2) is 0 Å². The van der Waals surface area contributed by atoms with E-state index in [-0.39, 0.29) is 42.9 Å². The van der Waals surface area contributed by atoms with Gasteiger partial charge in [0.05, 0.1) is 12.0 Å². The first-order valence-electron chi connectivity index (χ1n) is 7.26. The Bertz CT molecular complexity index is 495. The monoisotopic (exact) mass is 292 g/mol. The van der Waals surface area contributed by atoms with Crippen LogP contribution in [0.25, 0.3) is 0 Å². The summed E-state index contributed by atoms with van der Waals surface area (Å²) < 4.78 is 0. The second-order valence-electron chi connectivity index (χ2n) is 5.58. The van der Waals surface area contributed by atoms with E-state index in [0.29, 0.717) is 13.1 Å². The minimum Gasteiger partial charge on any atom is -0.340 e. The Kier molecular flexibility index (Phi) is 4.46. The molecule has 4 amide bonds. The zero-order valence-electron chi connectivity index (χ0n) is 12.4. The van der Waals surface area contributed by atoms with Crippen LogP contribution < -0.4 is 0 Å². The predicted octanol–water partition coefficient (Wildman–Crippen LogP) is 0.421. The second kappa shape index (κ2) is 6.12. The van der Waals surface area contributed by atoms with Gasteiger partial charge < -0.3 is 9.80 Å². The molecular weight excluding hydrogens is 272 g/mol. The summed E-state index contributed by atoms with van der Waals surface area (Å²) in [5, 5.41) is 8.82. The molecule has 1 heterocycles. The standard InChI is InChI=1S/C14H20N4O3/c1-3-16(7-10(2)6-15)12(19)8-18-13(20)9-17(14(18)21)11-4-5-11/h10-11H,3-5,7-9H2,1-2H3. The van der Waals surface area contributed by atoms with Gasteiger partial charge in [-0.2, -0.15) is 5.26 Å². The van der Waals surface area contributed by atoms with E-state index in [2.05, 4.69) is 6.07 Å². The van der Waals surface area contributed by atoms with Crippen molar-refractivity contribution in [1.82, 2.24) is 14.7 Å². The van der Waals surface area contributed by atoms with Crippen LogP contribution in [-0.2, 0) is 9.59 Å². The molecule has 7 nitrogen and oxygen atoms in total. The van der Waals surface area contributed by atoms with Crippen LogP contribution >= 0.6 is 0 Å². The van der Waals surface area contributed by atoms with E-state index in [9.17, 15) is 14.4 Å². The molecule has 21 heavy (non-hydrogen) atoms. The van der Waals surface area contributed by atoms with Crippen LogP contribution in [0.2, 0.25) is 0 Å². The Morgan fingerprint density at radius 2 is 2.14 bits per heavy atom. The number of urea groups is 1. The maximum absolute atomic E-state index is 12.2. The summed E-state index contributed by atoms with van der Waals surface area (Å²) in [5.41, 5.74) is 0. The minimum atomic E-state index is -0.361. The molecule has 114 valence electrons. The van der Waals surface area contributed by atoms with Gasteiger partial charge in [0.2, 0.25) is 5.91 Å². The quantitative estimate of drug-likeness (QED) is 0.664. The van der Waals surface area contributed by atoms with Gasteiger partial charge in [0.25, 0.3) is 5.91 Å². The van der Waals surface area contributed by atoms with Gasteiger partial charge >= 0.3 is 6.03 Å². The fourth-order valence-electron chi connectivity index (χ4n) is 2.40. The summed E-state index contributed by atoms with van der Waals surface area (Å²) in [6, 6.07) is 1.88. The first kappa shape index (κ1) is 15.3. The number of amides is 4. The molecule has 0 aromatic heterocycles. The largest absolute Gasteiger partial charge is 0.340 e. The molecule has 1 aliphatic carbocycles. The highest BCUT2D eigenvalue weighted by atomic mass is 16.2. The lowest BCUT2D eigenvalue weighted by molar-refractivity contribution is -0.136. The van der Waals surface area contributed by atoms with Crippen LogP contribution in [0.1, 0.15) is 26.7 Å². The fourth-order valence-corrected chi connectivity index (χ4v) is 2.40. The highest BCUT2D eigenvalue weighted by Crippen LogP contribution is 2.30. The average molecular weight is 292 g/mol. The lowest BCUT2D eigenvalue weighted by Crippen LogP contribution is -2.44. The second-order valence-corrected chi connectivity index (χ2v) is 5.58. The molecule has 1 aliphatic heterocycles. The van der Waals surface area contributed by atoms with E-state index in [1.54, 1.807) is 11.8 Å². The summed E-state index contributed by atoms with van der Waals surface area (Å²) in [6.07, 6.45) is 1.86. The zero-order chi connectivity index (χ0) is 15.6. The molecule has 1 saturated carbocycles. The number of nitriles is 1. The molecule has 0 spiro atoms. The molecule has 1 atom stereocenters. The first-order chi connectivity index (χ1) is 9.97. The van der Waals surface area contributed by atoms with Crippen molar-refractivity contribution >= 4 is 17.8 Å². The SMILES string of the molecule is CCN(CC(C)C#N)C(=O)CN1C(=O)CN(C2CC2)C1=O. The van der Waals surface area contributed by atoms with Crippen molar-refractivity contribution in [3.8, 4) is 6.07 Å². The molecule has 2 rings (SSSR count). The van der Waals surface area contributed by atoms with Crippen molar-refractivity contribution < 1.29 is 14.4 Å². The summed E-state index contributed by atoms with van der Waals surface area (Å²) in [7, 11) is 0. The zero-order valence-corrected chi connectivity index (χ0v) is 12.4. The lowest BCUT2D eigenvalue weighted by Gasteiger charge is -2.24. The molecule has 7 heteroatoms. The van der Waals surface area contributed by atoms with Crippen LogP contribution in [0.15, 0.2) is 0 Å². The molecule has 0 bridgehead atoms. The molecule has 2 aliphatic rings. The van der Waals surface area contributed by atoms with E-state index in [4.69, 9.17) is 5.26 Å². The topological polar surface area (TPSA) is 84.7 Å². The number of nitrogens with zero attached hydrogens (tertiary/aromatic N) is 4. The highest BCUT2D eigenvalue weighted by molar-refractivity contribution is 6.04. The van der Waals surface area contributed by atoms with Gasteiger partial charge in [-0.15, -0.1) is 0 Å². The van der Waals surface area contributed by atoms with E-state index >= 15 is 0 Å². The maximum Gasteiger partial charge on any atom is 0.327 e. The molecular formula is C14H20N4O3.